The number of rotatable bonds is 7. The molecule has 0 spiro atoms. The topological polar surface area (TPSA) is 106 Å². The Morgan fingerprint density at radius 1 is 1.35 bits per heavy atom. The molecule has 0 unspecified atom stereocenters. The number of aliphatic carboxylic acids is 1. The average Bonchev–Trinajstić information content (AvgIpc) is 2.61. The predicted molar refractivity (Wildman–Crippen MR) is 96.5 cm³/mol. The van der Waals surface area contributed by atoms with Crippen LogP contribution in [-0.2, 0) is 16.0 Å². The number of carbonyl (C=O) groups excluding carboxylic acids is 1. The number of hydrogen-bond donors (Lipinski definition) is 2. The molecule has 0 radical (unpaired) electrons. The quantitative estimate of drug-likeness (QED) is 0.733. The first-order valence-corrected chi connectivity index (χ1v) is 8.41. The molecule has 0 saturated heterocycles. The van der Waals surface area contributed by atoms with Crippen molar-refractivity contribution in [3.63, 3.8) is 0 Å². The summed E-state index contributed by atoms with van der Waals surface area (Å²) >= 11 is 0. The predicted octanol–water partition coefficient (Wildman–Crippen LogP) is 2.27. The highest BCUT2D eigenvalue weighted by Crippen LogP contribution is 2.24. The third-order valence-electron chi connectivity index (χ3n) is 4.63. The van der Waals surface area contributed by atoms with E-state index in [2.05, 4.69) is 5.32 Å². The van der Waals surface area contributed by atoms with E-state index in [1.807, 2.05) is 6.92 Å². The lowest BCUT2D eigenvalue weighted by molar-refractivity contribution is -0.143. The minimum atomic E-state index is -1.10. The summed E-state index contributed by atoms with van der Waals surface area (Å²) in [4.78, 5) is 36.0. The highest BCUT2D eigenvalue weighted by atomic mass is 16.5. The molecule has 1 aromatic heterocycles. The van der Waals surface area contributed by atoms with Crippen molar-refractivity contribution in [2.75, 3.05) is 7.11 Å². The van der Waals surface area contributed by atoms with Gasteiger partial charge in [0, 0.05) is 11.5 Å². The van der Waals surface area contributed by atoms with E-state index in [1.54, 1.807) is 32.0 Å². The number of amides is 1. The number of hydrogen-bond acceptors (Lipinski definition) is 5. The van der Waals surface area contributed by atoms with Gasteiger partial charge in [0.2, 0.25) is 5.91 Å². The standard InChI is InChI=1S/C19H23NO6/c1-5-10(2)17(18(22)23)20-16(21)9-14-11(3)13-7-6-12(25-4)8-15(13)26-19(14)24/h6-8,10,17H,5,9H2,1-4H3,(H,20,21)(H,22,23)/t10-,17+/m0/s1. The molecular formula is C19H23NO6. The number of fused-ring (bicyclic) bond motifs is 1. The maximum atomic E-state index is 12.3. The van der Waals surface area contributed by atoms with Crippen molar-refractivity contribution in [2.24, 2.45) is 5.92 Å². The smallest absolute Gasteiger partial charge is 0.340 e. The Bertz CT molecular complexity index is 885. The fourth-order valence-electron chi connectivity index (χ4n) is 2.77. The van der Waals surface area contributed by atoms with E-state index >= 15 is 0 Å². The van der Waals surface area contributed by atoms with Crippen LogP contribution in [-0.4, -0.2) is 30.1 Å². The molecule has 2 atom stereocenters. The maximum absolute atomic E-state index is 12.3. The van der Waals surface area contributed by atoms with E-state index in [1.165, 1.54) is 7.11 Å². The highest BCUT2D eigenvalue weighted by Gasteiger charge is 2.26. The van der Waals surface area contributed by atoms with Crippen LogP contribution in [0, 0.1) is 12.8 Å². The van der Waals surface area contributed by atoms with E-state index in [0.717, 1.165) is 0 Å². The molecule has 0 bridgehead atoms. The molecule has 26 heavy (non-hydrogen) atoms. The van der Waals surface area contributed by atoms with Gasteiger partial charge in [-0.05, 0) is 30.5 Å². The molecule has 7 heteroatoms. The van der Waals surface area contributed by atoms with Crippen LogP contribution >= 0.6 is 0 Å². The summed E-state index contributed by atoms with van der Waals surface area (Å²) in [5.41, 5.74) is 0.603. The average molecular weight is 361 g/mol. The summed E-state index contributed by atoms with van der Waals surface area (Å²) in [6.45, 7) is 5.34. The number of carboxylic acids is 1. The van der Waals surface area contributed by atoms with Gasteiger partial charge in [0.1, 0.15) is 17.4 Å². The Morgan fingerprint density at radius 2 is 2.04 bits per heavy atom. The molecule has 0 aliphatic heterocycles. The van der Waals surface area contributed by atoms with Crippen molar-refractivity contribution < 1.29 is 23.8 Å². The van der Waals surface area contributed by atoms with Gasteiger partial charge in [-0.3, -0.25) is 4.79 Å². The first-order valence-electron chi connectivity index (χ1n) is 8.41. The van der Waals surface area contributed by atoms with Gasteiger partial charge in [-0.25, -0.2) is 9.59 Å². The number of carbonyl (C=O) groups is 2. The molecule has 0 aliphatic rings. The summed E-state index contributed by atoms with van der Waals surface area (Å²) < 4.78 is 10.4. The van der Waals surface area contributed by atoms with E-state index in [-0.39, 0.29) is 17.9 Å². The molecule has 0 saturated carbocycles. The zero-order valence-electron chi connectivity index (χ0n) is 15.3. The molecule has 1 heterocycles. The Labute approximate surface area is 151 Å². The molecule has 2 aromatic rings. The van der Waals surface area contributed by atoms with Crippen LogP contribution in [0.5, 0.6) is 5.75 Å². The van der Waals surface area contributed by atoms with E-state index in [9.17, 15) is 19.5 Å². The lowest BCUT2D eigenvalue weighted by Gasteiger charge is -2.20. The van der Waals surface area contributed by atoms with Crippen LogP contribution in [0.1, 0.15) is 31.4 Å². The molecular weight excluding hydrogens is 338 g/mol. The van der Waals surface area contributed by atoms with Crippen LogP contribution < -0.4 is 15.7 Å². The second-order valence-electron chi connectivity index (χ2n) is 6.30. The molecule has 2 rings (SSSR count). The molecule has 7 nitrogen and oxygen atoms in total. The molecule has 140 valence electrons. The van der Waals surface area contributed by atoms with Crippen molar-refractivity contribution in [1.82, 2.24) is 5.32 Å². The second kappa shape index (κ2) is 8.03. The second-order valence-corrected chi connectivity index (χ2v) is 6.30. The third-order valence-corrected chi connectivity index (χ3v) is 4.63. The summed E-state index contributed by atoms with van der Waals surface area (Å²) in [6.07, 6.45) is 0.368. The summed E-state index contributed by atoms with van der Waals surface area (Å²) in [6, 6.07) is 4.11. The Hall–Kier alpha value is -2.83. The zero-order chi connectivity index (χ0) is 19.4. The minimum Gasteiger partial charge on any atom is -0.497 e. The third kappa shape index (κ3) is 4.04. The van der Waals surface area contributed by atoms with Gasteiger partial charge in [0.15, 0.2) is 0 Å². The van der Waals surface area contributed by atoms with E-state index in [0.29, 0.717) is 28.7 Å². The van der Waals surface area contributed by atoms with E-state index < -0.39 is 23.5 Å². The van der Waals surface area contributed by atoms with Crippen LogP contribution in [0.3, 0.4) is 0 Å². The van der Waals surface area contributed by atoms with E-state index in [4.69, 9.17) is 9.15 Å². The highest BCUT2D eigenvalue weighted by molar-refractivity contribution is 5.87. The van der Waals surface area contributed by atoms with Gasteiger partial charge in [-0.2, -0.15) is 0 Å². The number of nitrogens with one attached hydrogen (secondary N) is 1. The van der Waals surface area contributed by atoms with Crippen LogP contribution in [0.4, 0.5) is 0 Å². The monoisotopic (exact) mass is 361 g/mol. The molecule has 1 aromatic carbocycles. The molecule has 2 N–H and O–H groups in total. The summed E-state index contributed by atoms with van der Waals surface area (Å²) in [5, 5.41) is 12.5. The van der Waals surface area contributed by atoms with Crippen LogP contribution in [0.15, 0.2) is 27.4 Å². The van der Waals surface area contributed by atoms with Gasteiger partial charge in [0.05, 0.1) is 19.1 Å². The fraction of sp³-hybridized carbons (Fsp3) is 0.421. The van der Waals surface area contributed by atoms with Crippen molar-refractivity contribution in [3.8, 4) is 5.75 Å². The maximum Gasteiger partial charge on any atom is 0.340 e. The lowest BCUT2D eigenvalue weighted by atomic mass is 9.98. The summed E-state index contributed by atoms with van der Waals surface area (Å²) in [5.74, 6) is -1.29. The Kier molecular flexibility index (Phi) is 6.02. The minimum absolute atomic E-state index is 0.216. The zero-order valence-corrected chi connectivity index (χ0v) is 15.3. The molecule has 1 amide bonds. The Morgan fingerprint density at radius 3 is 2.62 bits per heavy atom. The summed E-state index contributed by atoms with van der Waals surface area (Å²) in [7, 11) is 1.51. The number of ether oxygens (including phenoxy) is 1. The van der Waals surface area contributed by atoms with Crippen molar-refractivity contribution in [1.29, 1.82) is 0 Å². The van der Waals surface area contributed by atoms with Crippen molar-refractivity contribution >= 4 is 22.8 Å². The largest absolute Gasteiger partial charge is 0.497 e. The number of aryl methyl sites for hydroxylation is 1. The first kappa shape index (κ1) is 19.5. The molecule has 0 aliphatic carbocycles. The normalized spacial score (nSPS) is 13.2. The number of benzene rings is 1. The first-order chi connectivity index (χ1) is 12.3. The van der Waals surface area contributed by atoms with Gasteiger partial charge in [-0.15, -0.1) is 0 Å². The SMILES string of the molecule is CC[C@H](C)[C@@H](NC(=O)Cc1c(C)c2ccc(OC)cc2oc1=O)C(=O)O. The van der Waals surface area contributed by atoms with Gasteiger partial charge in [-0.1, -0.05) is 20.3 Å². The lowest BCUT2D eigenvalue weighted by Crippen LogP contribution is -2.45. The number of carboxylic acid groups (broad SMARTS) is 1. The van der Waals surface area contributed by atoms with Gasteiger partial charge in [0.25, 0.3) is 0 Å². The van der Waals surface area contributed by atoms with Crippen molar-refractivity contribution in [2.45, 2.75) is 39.7 Å². The fourth-order valence-corrected chi connectivity index (χ4v) is 2.77. The van der Waals surface area contributed by atoms with Crippen LogP contribution in [0.25, 0.3) is 11.0 Å². The van der Waals surface area contributed by atoms with Gasteiger partial charge >= 0.3 is 11.6 Å². The van der Waals surface area contributed by atoms with Crippen LogP contribution in [0.2, 0.25) is 0 Å². The Balaban J connectivity index is 2.31. The number of methoxy groups -OCH3 is 1. The van der Waals surface area contributed by atoms with Crippen molar-refractivity contribution in [3.05, 3.63) is 39.7 Å². The van der Waals surface area contributed by atoms with Gasteiger partial charge < -0.3 is 19.6 Å². The molecule has 0 fully saturated rings.